The Morgan fingerprint density at radius 2 is 1.82 bits per heavy atom. The Kier molecular flexibility index (Phi) is 6.57. The number of hydrogen-bond donors (Lipinski definition) is 2. The van der Waals surface area contributed by atoms with Crippen molar-refractivity contribution in [2.45, 2.75) is 49.4 Å². The fourth-order valence-electron chi connectivity index (χ4n) is 2.45. The first kappa shape index (κ1) is 22.4. The highest BCUT2D eigenvalue weighted by atomic mass is 32.2. The predicted octanol–water partition coefficient (Wildman–Crippen LogP) is 1.29. The number of amides is 2. The van der Waals surface area contributed by atoms with Gasteiger partial charge in [0.2, 0.25) is 11.8 Å². The molecule has 28 heavy (non-hydrogen) atoms. The van der Waals surface area contributed by atoms with Gasteiger partial charge in [0.25, 0.3) is 0 Å². The molecule has 154 valence electrons. The summed E-state index contributed by atoms with van der Waals surface area (Å²) in [6, 6.07) is 4.95. The van der Waals surface area contributed by atoms with Crippen LogP contribution in [0.3, 0.4) is 0 Å². The molecule has 1 aromatic carbocycles. The molecule has 8 nitrogen and oxygen atoms in total. The number of rotatable bonds is 6. The minimum absolute atomic E-state index is 0.123. The molecule has 10 heteroatoms. The van der Waals surface area contributed by atoms with E-state index in [0.29, 0.717) is 17.9 Å². The standard InChI is InChI=1S/C18H25N3O5S2/c1-18(2,3)15(19)11-16(22)20-17(23)14-9-10-21(14)27(24)12-5-7-13(8-6-12)28(4,25)26/h5-8,14,19H,9-11H2,1-4H3,(H,20,22,23). The van der Waals surface area contributed by atoms with E-state index in [0.717, 1.165) is 6.26 Å². The lowest BCUT2D eigenvalue weighted by Gasteiger charge is -2.37. The number of carbonyl (C=O) groups excluding carboxylic acids is 2. The van der Waals surface area contributed by atoms with E-state index in [1.54, 1.807) is 0 Å². The van der Waals surface area contributed by atoms with Gasteiger partial charge < -0.3 is 5.41 Å². The number of benzene rings is 1. The quantitative estimate of drug-likeness (QED) is 0.662. The normalized spacial score (nSPS) is 18.8. The van der Waals surface area contributed by atoms with Crippen LogP contribution in [0.5, 0.6) is 0 Å². The van der Waals surface area contributed by atoms with Crippen LogP contribution < -0.4 is 5.32 Å². The zero-order valence-electron chi connectivity index (χ0n) is 16.3. The van der Waals surface area contributed by atoms with E-state index in [2.05, 4.69) is 5.32 Å². The molecule has 2 atom stereocenters. The van der Waals surface area contributed by atoms with Gasteiger partial charge in [0.05, 0.1) is 16.2 Å². The summed E-state index contributed by atoms with van der Waals surface area (Å²) >= 11 is 0. The number of carbonyl (C=O) groups is 2. The van der Waals surface area contributed by atoms with Crippen LogP contribution in [0.25, 0.3) is 0 Å². The van der Waals surface area contributed by atoms with Crippen molar-refractivity contribution in [1.82, 2.24) is 9.62 Å². The molecule has 2 rings (SSSR count). The van der Waals surface area contributed by atoms with Crippen molar-refractivity contribution in [3.63, 3.8) is 0 Å². The molecule has 1 aliphatic rings. The Balaban J connectivity index is 1.99. The summed E-state index contributed by atoms with van der Waals surface area (Å²) in [6.07, 6.45) is 1.38. The average Bonchev–Trinajstić information content (AvgIpc) is 2.51. The van der Waals surface area contributed by atoms with Gasteiger partial charge in [0.15, 0.2) is 9.84 Å². The van der Waals surface area contributed by atoms with E-state index in [9.17, 15) is 22.2 Å². The van der Waals surface area contributed by atoms with Gasteiger partial charge >= 0.3 is 0 Å². The molecule has 1 aromatic rings. The Morgan fingerprint density at radius 3 is 2.25 bits per heavy atom. The van der Waals surface area contributed by atoms with Crippen LogP contribution in [-0.4, -0.2) is 53.3 Å². The van der Waals surface area contributed by atoms with Crippen molar-refractivity contribution in [3.8, 4) is 0 Å². The van der Waals surface area contributed by atoms with Gasteiger partial charge in [-0.2, -0.15) is 0 Å². The highest BCUT2D eigenvalue weighted by Crippen LogP contribution is 2.25. The second-order valence-electron chi connectivity index (χ2n) is 7.76. The first-order valence-corrected chi connectivity index (χ1v) is 11.7. The van der Waals surface area contributed by atoms with Crippen LogP contribution in [0.15, 0.2) is 34.1 Å². The predicted molar refractivity (Wildman–Crippen MR) is 106 cm³/mol. The molecule has 2 unspecified atom stereocenters. The largest absolute Gasteiger partial charge is 0.309 e. The maximum Gasteiger partial charge on any atom is 0.244 e. The van der Waals surface area contributed by atoms with Crippen LogP contribution in [-0.2, 0) is 30.4 Å². The molecule has 0 saturated carbocycles. The van der Waals surface area contributed by atoms with Crippen LogP contribution in [0.4, 0.5) is 0 Å². The molecule has 2 N–H and O–H groups in total. The second-order valence-corrected chi connectivity index (χ2v) is 11.2. The van der Waals surface area contributed by atoms with Crippen molar-refractivity contribution in [1.29, 1.82) is 5.41 Å². The Bertz CT molecular complexity index is 918. The monoisotopic (exact) mass is 427 g/mol. The molecule has 1 aliphatic heterocycles. The third-order valence-corrected chi connectivity index (χ3v) is 7.11. The second kappa shape index (κ2) is 8.22. The molecular formula is C18H25N3O5S2. The molecule has 0 radical (unpaired) electrons. The van der Waals surface area contributed by atoms with Crippen molar-refractivity contribution in [2.24, 2.45) is 5.41 Å². The zero-order valence-corrected chi connectivity index (χ0v) is 17.9. The molecule has 1 fully saturated rings. The first-order valence-electron chi connectivity index (χ1n) is 8.71. The van der Waals surface area contributed by atoms with E-state index in [1.165, 1.54) is 28.6 Å². The Morgan fingerprint density at radius 1 is 1.25 bits per heavy atom. The zero-order chi connectivity index (χ0) is 21.3. The molecule has 2 amide bonds. The summed E-state index contributed by atoms with van der Waals surface area (Å²) < 4.78 is 37.2. The number of sulfone groups is 1. The summed E-state index contributed by atoms with van der Waals surface area (Å²) in [6.45, 7) is 5.87. The van der Waals surface area contributed by atoms with E-state index >= 15 is 0 Å². The Hall–Kier alpha value is -1.91. The lowest BCUT2D eigenvalue weighted by molar-refractivity contribution is -0.134. The highest BCUT2D eigenvalue weighted by Gasteiger charge is 2.39. The summed E-state index contributed by atoms with van der Waals surface area (Å²) in [7, 11) is -4.99. The van der Waals surface area contributed by atoms with Gasteiger partial charge in [0, 0.05) is 23.9 Å². The maximum absolute atomic E-state index is 12.7. The van der Waals surface area contributed by atoms with Crippen molar-refractivity contribution in [2.75, 3.05) is 12.8 Å². The minimum Gasteiger partial charge on any atom is -0.309 e. The van der Waals surface area contributed by atoms with Crippen molar-refractivity contribution >= 4 is 38.3 Å². The molecule has 1 saturated heterocycles. The fourth-order valence-corrected chi connectivity index (χ4v) is 4.43. The molecule has 0 aliphatic carbocycles. The van der Waals surface area contributed by atoms with Gasteiger partial charge in [0.1, 0.15) is 17.0 Å². The highest BCUT2D eigenvalue weighted by molar-refractivity contribution is 7.90. The summed E-state index contributed by atoms with van der Waals surface area (Å²) in [5.41, 5.74) is -0.236. The smallest absolute Gasteiger partial charge is 0.244 e. The summed E-state index contributed by atoms with van der Waals surface area (Å²) in [4.78, 5) is 24.9. The summed E-state index contributed by atoms with van der Waals surface area (Å²) in [5.74, 6) is -1.10. The number of nitrogens with one attached hydrogen (secondary N) is 2. The maximum atomic E-state index is 12.7. The molecule has 0 aromatic heterocycles. The van der Waals surface area contributed by atoms with Crippen LogP contribution in [0.1, 0.15) is 33.6 Å². The molecule has 0 spiro atoms. The number of imide groups is 1. The van der Waals surface area contributed by atoms with E-state index < -0.39 is 44.1 Å². The van der Waals surface area contributed by atoms with Crippen LogP contribution in [0.2, 0.25) is 0 Å². The topological polar surface area (TPSA) is 124 Å². The number of nitrogens with zero attached hydrogens (tertiary/aromatic N) is 1. The van der Waals surface area contributed by atoms with Crippen molar-refractivity contribution < 1.29 is 22.2 Å². The number of hydrogen-bond acceptors (Lipinski definition) is 6. The third-order valence-electron chi connectivity index (χ3n) is 4.44. The minimum atomic E-state index is -3.35. The van der Waals surface area contributed by atoms with E-state index in [-0.39, 0.29) is 17.0 Å². The molecule has 0 bridgehead atoms. The van der Waals surface area contributed by atoms with E-state index in [1.807, 2.05) is 20.8 Å². The van der Waals surface area contributed by atoms with Gasteiger partial charge in [-0.05, 0) is 30.7 Å². The van der Waals surface area contributed by atoms with Crippen LogP contribution in [0, 0.1) is 10.8 Å². The Labute approximate surface area is 167 Å². The van der Waals surface area contributed by atoms with Gasteiger partial charge in [-0.25, -0.2) is 16.9 Å². The van der Waals surface area contributed by atoms with E-state index in [4.69, 9.17) is 5.41 Å². The lowest BCUT2D eigenvalue weighted by Crippen LogP contribution is -2.57. The van der Waals surface area contributed by atoms with Crippen LogP contribution >= 0.6 is 0 Å². The lowest BCUT2D eigenvalue weighted by atomic mass is 9.88. The molecular weight excluding hydrogens is 402 g/mol. The SMILES string of the molecule is CC(C)(C)C(=N)CC(=O)NC(=O)C1CCN1S(=O)c1ccc(S(C)(=O)=O)cc1. The third kappa shape index (κ3) is 5.33. The summed E-state index contributed by atoms with van der Waals surface area (Å²) in [5, 5.41) is 10.2. The molecule has 1 heterocycles. The van der Waals surface area contributed by atoms with Gasteiger partial charge in [-0.15, -0.1) is 0 Å². The fraction of sp³-hybridized carbons (Fsp3) is 0.500. The van der Waals surface area contributed by atoms with Crippen molar-refractivity contribution in [3.05, 3.63) is 24.3 Å². The van der Waals surface area contributed by atoms with Gasteiger partial charge in [-0.1, -0.05) is 20.8 Å². The average molecular weight is 428 g/mol. The first-order chi connectivity index (χ1) is 12.8. The van der Waals surface area contributed by atoms with Gasteiger partial charge in [-0.3, -0.25) is 14.9 Å².